The van der Waals surface area contributed by atoms with E-state index in [0.717, 1.165) is 5.56 Å². The van der Waals surface area contributed by atoms with E-state index in [0.29, 0.717) is 13.0 Å². The third-order valence-electron chi connectivity index (χ3n) is 1.95. The van der Waals surface area contributed by atoms with Gasteiger partial charge in [-0.1, -0.05) is 30.3 Å². The van der Waals surface area contributed by atoms with Crippen LogP contribution in [0.5, 0.6) is 0 Å². The molecule has 1 aromatic carbocycles. The number of nitrogens with one attached hydrogen (secondary N) is 1. The van der Waals surface area contributed by atoms with Gasteiger partial charge in [0.25, 0.3) is 0 Å². The minimum absolute atomic E-state index is 0.153. The quantitative estimate of drug-likeness (QED) is 0.686. The van der Waals surface area contributed by atoms with E-state index < -0.39 is 0 Å². The van der Waals surface area contributed by atoms with Gasteiger partial charge in [0.2, 0.25) is 0 Å². The summed E-state index contributed by atoms with van der Waals surface area (Å²) < 4.78 is 0. The van der Waals surface area contributed by atoms with Gasteiger partial charge in [-0.05, 0) is 18.5 Å². The van der Waals surface area contributed by atoms with Gasteiger partial charge in [0.1, 0.15) is 6.04 Å². The summed E-state index contributed by atoms with van der Waals surface area (Å²) in [6.07, 6.45) is 0.672. The molecule has 0 saturated carbocycles. The molecule has 0 aliphatic rings. The molecule has 0 amide bonds. The molecular weight excluding hydrogens is 176 g/mol. The molecule has 0 aliphatic heterocycles. The van der Waals surface area contributed by atoms with Crippen LogP contribution >= 0.6 is 0 Å². The average Bonchev–Trinajstić information content (AvgIpc) is 2.26. The first-order valence-corrected chi connectivity index (χ1v) is 4.67. The van der Waals surface area contributed by atoms with Crippen LogP contribution in [0.1, 0.15) is 18.0 Å². The Balaban J connectivity index is 2.52. The fraction of sp³-hybridized carbons (Fsp3) is 0.364. The van der Waals surface area contributed by atoms with E-state index in [4.69, 9.17) is 10.4 Å². The first-order chi connectivity index (χ1) is 6.88. The third-order valence-corrected chi connectivity index (χ3v) is 1.95. The molecule has 2 N–H and O–H groups in total. The average molecular weight is 190 g/mol. The van der Waals surface area contributed by atoms with Crippen LogP contribution in [0.25, 0.3) is 0 Å². The second-order valence-electron chi connectivity index (χ2n) is 3.00. The van der Waals surface area contributed by atoms with E-state index in [-0.39, 0.29) is 12.6 Å². The normalized spacial score (nSPS) is 12.0. The summed E-state index contributed by atoms with van der Waals surface area (Å²) in [5, 5.41) is 20.6. The molecule has 0 saturated heterocycles. The van der Waals surface area contributed by atoms with Crippen molar-refractivity contribution in [1.29, 1.82) is 5.26 Å². The maximum absolute atomic E-state index is 8.90. The number of nitrogens with zero attached hydrogens (tertiary/aromatic N) is 1. The second kappa shape index (κ2) is 6.14. The molecule has 0 aromatic heterocycles. The molecule has 0 spiro atoms. The van der Waals surface area contributed by atoms with E-state index in [1.165, 1.54) is 0 Å². The van der Waals surface area contributed by atoms with Crippen molar-refractivity contribution in [1.82, 2.24) is 5.32 Å². The van der Waals surface area contributed by atoms with Gasteiger partial charge in [-0.3, -0.25) is 5.32 Å². The Morgan fingerprint density at radius 3 is 2.64 bits per heavy atom. The van der Waals surface area contributed by atoms with Crippen LogP contribution in [0.4, 0.5) is 0 Å². The zero-order valence-electron chi connectivity index (χ0n) is 7.98. The fourth-order valence-corrected chi connectivity index (χ4v) is 1.21. The lowest BCUT2D eigenvalue weighted by Crippen LogP contribution is -2.21. The van der Waals surface area contributed by atoms with Gasteiger partial charge in [-0.2, -0.15) is 5.26 Å². The number of benzene rings is 1. The van der Waals surface area contributed by atoms with Crippen molar-refractivity contribution in [3.05, 3.63) is 35.9 Å². The molecule has 1 atom stereocenters. The monoisotopic (exact) mass is 190 g/mol. The number of nitriles is 1. The molecular formula is C11H14N2O. The van der Waals surface area contributed by atoms with Crippen LogP contribution in [0, 0.1) is 11.3 Å². The SMILES string of the molecule is N#CC(NCCCO)c1ccccc1. The highest BCUT2D eigenvalue weighted by molar-refractivity contribution is 5.23. The van der Waals surface area contributed by atoms with Crippen LogP contribution < -0.4 is 5.32 Å². The van der Waals surface area contributed by atoms with E-state index in [1.54, 1.807) is 0 Å². The molecule has 0 fully saturated rings. The molecule has 1 aromatic rings. The van der Waals surface area contributed by atoms with Crippen molar-refractivity contribution in [3.63, 3.8) is 0 Å². The summed E-state index contributed by atoms with van der Waals surface area (Å²) in [7, 11) is 0. The lowest BCUT2D eigenvalue weighted by atomic mass is 10.1. The van der Waals surface area contributed by atoms with Gasteiger partial charge >= 0.3 is 0 Å². The van der Waals surface area contributed by atoms with Crippen LogP contribution in [-0.2, 0) is 0 Å². The smallest absolute Gasteiger partial charge is 0.121 e. The number of hydrogen-bond donors (Lipinski definition) is 2. The highest BCUT2D eigenvalue weighted by atomic mass is 16.3. The molecule has 0 radical (unpaired) electrons. The number of rotatable bonds is 5. The van der Waals surface area contributed by atoms with Crippen LogP contribution in [0.15, 0.2) is 30.3 Å². The maximum atomic E-state index is 8.90. The Hall–Kier alpha value is -1.37. The number of aliphatic hydroxyl groups is 1. The maximum Gasteiger partial charge on any atom is 0.121 e. The minimum Gasteiger partial charge on any atom is -0.396 e. The Morgan fingerprint density at radius 2 is 2.07 bits per heavy atom. The van der Waals surface area contributed by atoms with Gasteiger partial charge < -0.3 is 5.11 Å². The van der Waals surface area contributed by atoms with Crippen molar-refractivity contribution < 1.29 is 5.11 Å². The van der Waals surface area contributed by atoms with Gasteiger partial charge in [-0.25, -0.2) is 0 Å². The molecule has 0 bridgehead atoms. The van der Waals surface area contributed by atoms with E-state index in [1.807, 2.05) is 30.3 Å². The van der Waals surface area contributed by atoms with Crippen LogP contribution in [-0.4, -0.2) is 18.3 Å². The Bertz CT molecular complexity index is 292. The van der Waals surface area contributed by atoms with Gasteiger partial charge in [0.05, 0.1) is 6.07 Å². The van der Waals surface area contributed by atoms with Crippen LogP contribution in [0.2, 0.25) is 0 Å². The van der Waals surface area contributed by atoms with Gasteiger partial charge in [-0.15, -0.1) is 0 Å². The number of hydrogen-bond acceptors (Lipinski definition) is 3. The first-order valence-electron chi connectivity index (χ1n) is 4.67. The predicted molar refractivity (Wildman–Crippen MR) is 54.5 cm³/mol. The van der Waals surface area contributed by atoms with Crippen LogP contribution in [0.3, 0.4) is 0 Å². The Kier molecular flexibility index (Phi) is 4.70. The molecule has 1 unspecified atom stereocenters. The Morgan fingerprint density at radius 1 is 1.36 bits per heavy atom. The minimum atomic E-state index is -0.275. The highest BCUT2D eigenvalue weighted by Gasteiger charge is 2.07. The number of aliphatic hydroxyl groups excluding tert-OH is 1. The zero-order valence-corrected chi connectivity index (χ0v) is 7.98. The molecule has 74 valence electrons. The van der Waals surface area contributed by atoms with Crippen molar-refractivity contribution in [2.75, 3.05) is 13.2 Å². The van der Waals surface area contributed by atoms with Crippen molar-refractivity contribution in [2.45, 2.75) is 12.5 Å². The molecule has 14 heavy (non-hydrogen) atoms. The Labute approximate surface area is 84.0 Å². The first kappa shape index (κ1) is 10.7. The summed E-state index contributed by atoms with van der Waals surface area (Å²) in [4.78, 5) is 0. The van der Waals surface area contributed by atoms with Crippen molar-refractivity contribution >= 4 is 0 Å². The van der Waals surface area contributed by atoms with E-state index in [2.05, 4.69) is 11.4 Å². The molecule has 0 aliphatic carbocycles. The fourth-order valence-electron chi connectivity index (χ4n) is 1.21. The van der Waals surface area contributed by atoms with Crippen molar-refractivity contribution in [3.8, 4) is 6.07 Å². The van der Waals surface area contributed by atoms with Gasteiger partial charge in [0.15, 0.2) is 0 Å². The lowest BCUT2D eigenvalue weighted by Gasteiger charge is -2.10. The third kappa shape index (κ3) is 3.17. The summed E-state index contributed by atoms with van der Waals surface area (Å²) in [6, 6.07) is 11.5. The summed E-state index contributed by atoms with van der Waals surface area (Å²) in [6.45, 7) is 0.809. The zero-order chi connectivity index (χ0) is 10.2. The standard InChI is InChI=1S/C11H14N2O/c12-9-11(13-7-4-8-14)10-5-2-1-3-6-10/h1-3,5-6,11,13-14H,4,7-8H2. The summed E-state index contributed by atoms with van der Waals surface area (Å²) in [5.41, 5.74) is 0.966. The van der Waals surface area contributed by atoms with E-state index in [9.17, 15) is 0 Å². The van der Waals surface area contributed by atoms with E-state index >= 15 is 0 Å². The molecule has 3 heteroatoms. The predicted octanol–water partition coefficient (Wildman–Crippen LogP) is 1.22. The largest absolute Gasteiger partial charge is 0.396 e. The molecule has 3 nitrogen and oxygen atoms in total. The summed E-state index contributed by atoms with van der Waals surface area (Å²) >= 11 is 0. The second-order valence-corrected chi connectivity index (χ2v) is 3.00. The van der Waals surface area contributed by atoms with Crippen molar-refractivity contribution in [2.24, 2.45) is 0 Å². The molecule has 0 heterocycles. The summed E-state index contributed by atoms with van der Waals surface area (Å²) in [5.74, 6) is 0. The molecule has 1 rings (SSSR count). The highest BCUT2D eigenvalue weighted by Crippen LogP contribution is 2.10. The topological polar surface area (TPSA) is 56.0 Å². The lowest BCUT2D eigenvalue weighted by molar-refractivity contribution is 0.285. The van der Waals surface area contributed by atoms with Gasteiger partial charge in [0, 0.05) is 6.61 Å².